The van der Waals surface area contributed by atoms with Gasteiger partial charge in [-0.1, -0.05) is 36.0 Å². The largest absolute Gasteiger partial charge is 0.496 e. The number of hydrogen-bond acceptors (Lipinski definition) is 7. The van der Waals surface area contributed by atoms with Gasteiger partial charge >= 0.3 is 0 Å². The second-order valence-electron chi connectivity index (χ2n) is 6.46. The van der Waals surface area contributed by atoms with Crippen LogP contribution in [0.3, 0.4) is 0 Å². The smallest absolute Gasteiger partial charge is 0.223 e. The fourth-order valence-corrected chi connectivity index (χ4v) is 5.21. The van der Waals surface area contributed by atoms with Crippen LogP contribution in [0, 0.1) is 0 Å². The summed E-state index contributed by atoms with van der Waals surface area (Å²) in [6.45, 7) is 1.89. The highest BCUT2D eigenvalue weighted by molar-refractivity contribution is 8.01. The molecule has 0 atom stereocenters. The fourth-order valence-electron chi connectivity index (χ4n) is 3.49. The van der Waals surface area contributed by atoms with Gasteiger partial charge in [0.2, 0.25) is 5.95 Å². The van der Waals surface area contributed by atoms with E-state index < -0.39 is 0 Å². The van der Waals surface area contributed by atoms with Crippen molar-refractivity contribution in [2.75, 3.05) is 30.8 Å². The van der Waals surface area contributed by atoms with Crippen LogP contribution in [0.25, 0.3) is 0 Å². The third-order valence-electron chi connectivity index (χ3n) is 4.80. The molecule has 3 heterocycles. The molecule has 0 aliphatic carbocycles. The molecule has 0 saturated carbocycles. The number of nitrogen functional groups attached to an aromatic ring is 1. The number of piperidine rings is 1. The highest BCUT2D eigenvalue weighted by Gasteiger charge is 2.24. The number of nitrogens with two attached hydrogens (primary N) is 1. The van der Waals surface area contributed by atoms with E-state index in [0.29, 0.717) is 11.9 Å². The molecule has 140 valence electrons. The summed E-state index contributed by atoms with van der Waals surface area (Å²) in [4.78, 5) is 11.2. The summed E-state index contributed by atoms with van der Waals surface area (Å²) < 4.78 is 6.74. The summed E-state index contributed by atoms with van der Waals surface area (Å²) in [5.41, 5.74) is 7.28. The Balaban J connectivity index is 1.47. The molecule has 0 spiro atoms. The molecule has 0 radical (unpaired) electrons. The first kappa shape index (κ1) is 18.1. The summed E-state index contributed by atoms with van der Waals surface area (Å²) in [7, 11) is 1.74. The Hall–Kier alpha value is -2.25. The maximum atomic E-state index is 5.98. The van der Waals surface area contributed by atoms with Crippen LogP contribution in [0.2, 0.25) is 0 Å². The van der Waals surface area contributed by atoms with Gasteiger partial charge in [-0.05, 0) is 41.8 Å². The normalized spacial score (nSPS) is 15.1. The van der Waals surface area contributed by atoms with Crippen molar-refractivity contribution in [2.24, 2.45) is 0 Å². The third-order valence-corrected chi connectivity index (χ3v) is 6.76. The monoisotopic (exact) mass is 398 g/mol. The van der Waals surface area contributed by atoms with Crippen LogP contribution >= 0.6 is 23.1 Å². The predicted octanol–water partition coefficient (Wildman–Crippen LogP) is 4.66. The van der Waals surface area contributed by atoms with E-state index >= 15 is 0 Å². The number of anilines is 2. The molecule has 1 saturated heterocycles. The number of benzene rings is 1. The van der Waals surface area contributed by atoms with Gasteiger partial charge in [0.15, 0.2) is 0 Å². The van der Waals surface area contributed by atoms with Crippen LogP contribution in [0.1, 0.15) is 24.3 Å². The molecule has 1 aliphatic rings. The van der Waals surface area contributed by atoms with Crippen LogP contribution in [0.5, 0.6) is 5.75 Å². The number of aromatic nitrogens is 2. The highest BCUT2D eigenvalue weighted by Crippen LogP contribution is 2.36. The van der Waals surface area contributed by atoms with Gasteiger partial charge in [0, 0.05) is 19.2 Å². The van der Waals surface area contributed by atoms with Gasteiger partial charge in [0.05, 0.1) is 11.3 Å². The number of thiophene rings is 1. The van der Waals surface area contributed by atoms with E-state index in [9.17, 15) is 0 Å². The minimum absolute atomic E-state index is 0.332. The number of ether oxygens (including phenoxy) is 1. The average molecular weight is 399 g/mol. The van der Waals surface area contributed by atoms with Crippen LogP contribution in [0.15, 0.2) is 57.1 Å². The Bertz CT molecular complexity index is 893. The van der Waals surface area contributed by atoms with Crippen LogP contribution in [-0.2, 0) is 0 Å². The van der Waals surface area contributed by atoms with Crippen molar-refractivity contribution in [3.05, 3.63) is 53.4 Å². The number of methoxy groups -OCH3 is 1. The van der Waals surface area contributed by atoms with Gasteiger partial charge in [-0.25, -0.2) is 4.98 Å². The van der Waals surface area contributed by atoms with Crippen molar-refractivity contribution in [1.29, 1.82) is 0 Å². The molecule has 0 unspecified atom stereocenters. The molecule has 2 N–H and O–H groups in total. The van der Waals surface area contributed by atoms with Crippen LogP contribution in [0.4, 0.5) is 11.8 Å². The summed E-state index contributed by atoms with van der Waals surface area (Å²) >= 11 is 3.34. The number of para-hydroxylation sites is 1. The van der Waals surface area contributed by atoms with Gasteiger partial charge in [0.1, 0.15) is 16.6 Å². The summed E-state index contributed by atoms with van der Waals surface area (Å²) in [6.07, 6.45) is 2.13. The lowest BCUT2D eigenvalue weighted by Crippen LogP contribution is -2.33. The topological polar surface area (TPSA) is 64.3 Å². The molecule has 3 aromatic rings. The maximum Gasteiger partial charge on any atom is 0.223 e. The molecule has 1 aromatic carbocycles. The lowest BCUT2D eigenvalue weighted by Gasteiger charge is -2.33. The van der Waals surface area contributed by atoms with Crippen molar-refractivity contribution in [1.82, 2.24) is 9.97 Å². The molecule has 1 fully saturated rings. The molecule has 4 rings (SSSR count). The maximum absolute atomic E-state index is 5.98. The molecule has 5 nitrogen and oxygen atoms in total. The number of rotatable bonds is 5. The molecular formula is C20H22N4OS2. The molecule has 0 amide bonds. The minimum Gasteiger partial charge on any atom is -0.496 e. The first-order valence-electron chi connectivity index (χ1n) is 8.96. The SMILES string of the molecule is COc1ccccc1C1CCN(c2cc(Sc3cccs3)nc(N)n2)CC1. The van der Waals surface area contributed by atoms with Crippen molar-refractivity contribution < 1.29 is 4.74 Å². The first-order valence-corrected chi connectivity index (χ1v) is 10.7. The lowest BCUT2D eigenvalue weighted by atomic mass is 9.89. The molecule has 2 aromatic heterocycles. The summed E-state index contributed by atoms with van der Waals surface area (Å²) in [5.74, 6) is 2.74. The van der Waals surface area contributed by atoms with E-state index in [-0.39, 0.29) is 0 Å². The zero-order valence-corrected chi connectivity index (χ0v) is 16.8. The van der Waals surface area contributed by atoms with Crippen molar-refractivity contribution in [2.45, 2.75) is 28.0 Å². The average Bonchev–Trinajstić information content (AvgIpc) is 3.20. The Labute approximate surface area is 167 Å². The molecule has 1 aliphatic heterocycles. The fraction of sp³-hybridized carbons (Fsp3) is 0.300. The number of hydrogen-bond donors (Lipinski definition) is 1. The minimum atomic E-state index is 0.332. The van der Waals surface area contributed by atoms with Crippen molar-refractivity contribution >= 4 is 34.9 Å². The summed E-state index contributed by atoms with van der Waals surface area (Å²) in [6, 6.07) is 14.5. The zero-order chi connectivity index (χ0) is 18.6. The van der Waals surface area contributed by atoms with Crippen LogP contribution in [-0.4, -0.2) is 30.2 Å². The van der Waals surface area contributed by atoms with E-state index in [2.05, 4.69) is 38.4 Å². The van der Waals surface area contributed by atoms with Gasteiger partial charge in [-0.15, -0.1) is 11.3 Å². The summed E-state index contributed by atoms with van der Waals surface area (Å²) in [5, 5.41) is 2.96. The third kappa shape index (κ3) is 4.20. The van der Waals surface area contributed by atoms with E-state index in [0.717, 1.165) is 42.5 Å². The quantitative estimate of drug-likeness (QED) is 0.631. The van der Waals surface area contributed by atoms with E-state index in [1.54, 1.807) is 30.2 Å². The standard InChI is InChI=1S/C20H22N4OS2/c1-25-16-6-3-2-5-15(16)14-8-10-24(11-9-14)17-13-18(23-20(21)22-17)27-19-7-4-12-26-19/h2-7,12-14H,8-11H2,1H3,(H2,21,22,23). The Kier molecular flexibility index (Phi) is 5.50. The van der Waals surface area contributed by atoms with Gasteiger partial charge in [-0.2, -0.15) is 4.98 Å². The first-order chi connectivity index (χ1) is 13.2. The second-order valence-corrected chi connectivity index (χ2v) is 8.73. The zero-order valence-electron chi connectivity index (χ0n) is 15.2. The Morgan fingerprint density at radius 2 is 1.96 bits per heavy atom. The van der Waals surface area contributed by atoms with E-state index in [1.807, 2.05) is 24.3 Å². The van der Waals surface area contributed by atoms with Gasteiger partial charge in [0.25, 0.3) is 0 Å². The molecule has 27 heavy (non-hydrogen) atoms. The van der Waals surface area contributed by atoms with Crippen LogP contribution < -0.4 is 15.4 Å². The Morgan fingerprint density at radius 1 is 1.15 bits per heavy atom. The second kappa shape index (κ2) is 8.19. The highest BCUT2D eigenvalue weighted by atomic mass is 32.2. The van der Waals surface area contributed by atoms with E-state index in [4.69, 9.17) is 10.5 Å². The molecular weight excluding hydrogens is 376 g/mol. The van der Waals surface area contributed by atoms with Crippen molar-refractivity contribution in [3.8, 4) is 5.75 Å². The predicted molar refractivity (Wildman–Crippen MR) is 112 cm³/mol. The van der Waals surface area contributed by atoms with Gasteiger partial charge < -0.3 is 15.4 Å². The van der Waals surface area contributed by atoms with Crippen molar-refractivity contribution in [3.63, 3.8) is 0 Å². The molecule has 0 bridgehead atoms. The van der Waals surface area contributed by atoms with Gasteiger partial charge in [-0.3, -0.25) is 0 Å². The molecule has 7 heteroatoms. The van der Waals surface area contributed by atoms with E-state index in [1.165, 1.54) is 9.77 Å². The Morgan fingerprint density at radius 3 is 2.70 bits per heavy atom. The lowest BCUT2D eigenvalue weighted by molar-refractivity contribution is 0.397. The number of nitrogens with zero attached hydrogens (tertiary/aromatic N) is 3.